The number of benzene rings is 4. The molecule has 0 aliphatic heterocycles. The van der Waals surface area contributed by atoms with E-state index in [0.29, 0.717) is 16.5 Å². The minimum Gasteiger partial charge on any atom is -0.396 e. The van der Waals surface area contributed by atoms with E-state index in [4.69, 9.17) is 5.73 Å². The van der Waals surface area contributed by atoms with E-state index in [-0.39, 0.29) is 32.9 Å². The van der Waals surface area contributed by atoms with Gasteiger partial charge in [-0.1, -0.05) is 30.3 Å². The Balaban J connectivity index is 1.75. The molecule has 32 heavy (non-hydrogen) atoms. The fraction of sp³-hybridized carbons (Fsp3) is 0.0435. The fourth-order valence-corrected chi connectivity index (χ4v) is 4.19. The summed E-state index contributed by atoms with van der Waals surface area (Å²) in [7, 11) is -4.55. The lowest BCUT2D eigenvalue weighted by molar-refractivity contribution is 0.484. The number of halogens is 2. The lowest BCUT2D eigenvalue weighted by Gasteiger charge is -2.09. The molecule has 0 radical (unpaired) electrons. The summed E-state index contributed by atoms with van der Waals surface area (Å²) in [6, 6.07) is 15.7. The maximum atomic E-state index is 14.7. The second-order valence-corrected chi connectivity index (χ2v) is 8.54. The summed E-state index contributed by atoms with van der Waals surface area (Å²) >= 11 is 0. The fourth-order valence-electron chi connectivity index (χ4n) is 3.47. The largest absolute Gasteiger partial charge is 0.396 e. The van der Waals surface area contributed by atoms with Crippen LogP contribution in [0.4, 0.5) is 25.8 Å². The number of nitrogen functional groups attached to an aromatic ring is 1. The van der Waals surface area contributed by atoms with E-state index in [9.17, 15) is 21.8 Å². The highest BCUT2D eigenvalue weighted by Crippen LogP contribution is 2.37. The van der Waals surface area contributed by atoms with Crippen LogP contribution in [0.15, 0.2) is 81.9 Å². The van der Waals surface area contributed by atoms with Gasteiger partial charge in [-0.3, -0.25) is 4.55 Å². The minimum absolute atomic E-state index is 0.00943. The SMILES string of the molecule is Cc1cc(F)ccc1-c1ccc(/N=N/c2cc(S(=O)(=O)O)c3ccccc3c2N)cc1F. The number of aryl methyl sites for hydroxylation is 1. The average molecular weight is 453 g/mol. The van der Waals surface area contributed by atoms with Crippen molar-refractivity contribution in [3.05, 3.63) is 83.9 Å². The van der Waals surface area contributed by atoms with Crippen LogP contribution in [-0.2, 0) is 10.1 Å². The Morgan fingerprint density at radius 3 is 2.22 bits per heavy atom. The monoisotopic (exact) mass is 453 g/mol. The van der Waals surface area contributed by atoms with Crippen molar-refractivity contribution >= 4 is 38.0 Å². The van der Waals surface area contributed by atoms with Crippen molar-refractivity contribution < 1.29 is 21.8 Å². The summed E-state index contributed by atoms with van der Waals surface area (Å²) in [5.41, 5.74) is 7.86. The van der Waals surface area contributed by atoms with Crippen LogP contribution in [0.1, 0.15) is 5.56 Å². The van der Waals surface area contributed by atoms with Gasteiger partial charge in [0.1, 0.15) is 22.2 Å². The lowest BCUT2D eigenvalue weighted by Crippen LogP contribution is -2.01. The van der Waals surface area contributed by atoms with Crippen LogP contribution in [0.25, 0.3) is 21.9 Å². The van der Waals surface area contributed by atoms with E-state index < -0.39 is 21.8 Å². The summed E-state index contributed by atoms with van der Waals surface area (Å²) in [6.45, 7) is 1.68. The number of nitrogens with zero attached hydrogens (tertiary/aromatic N) is 2. The molecule has 4 rings (SSSR count). The van der Waals surface area contributed by atoms with Gasteiger partial charge in [0.25, 0.3) is 10.1 Å². The molecular formula is C23H17F2N3O3S. The molecule has 4 aromatic carbocycles. The molecule has 0 unspecified atom stereocenters. The maximum Gasteiger partial charge on any atom is 0.295 e. The van der Waals surface area contributed by atoms with Crippen LogP contribution in [0, 0.1) is 18.6 Å². The molecule has 162 valence electrons. The first-order chi connectivity index (χ1) is 15.1. The first-order valence-corrected chi connectivity index (χ1v) is 10.9. The van der Waals surface area contributed by atoms with Crippen molar-refractivity contribution in [2.24, 2.45) is 10.2 Å². The van der Waals surface area contributed by atoms with Crippen LogP contribution in [0.2, 0.25) is 0 Å². The highest BCUT2D eigenvalue weighted by atomic mass is 32.2. The van der Waals surface area contributed by atoms with Crippen molar-refractivity contribution in [2.75, 3.05) is 5.73 Å². The van der Waals surface area contributed by atoms with Gasteiger partial charge in [0.2, 0.25) is 0 Å². The number of azo groups is 1. The van der Waals surface area contributed by atoms with Gasteiger partial charge in [0, 0.05) is 22.4 Å². The standard InChI is InChI=1S/C23H17F2N3O3S/c1-13-10-14(24)6-8-16(13)17-9-7-15(11-20(17)25)27-28-21-12-22(32(29,30)31)18-4-2-3-5-19(18)23(21)26/h2-12H,26H2,1H3,(H,29,30,31)/b28-27+. The molecule has 0 aliphatic carbocycles. The molecule has 0 fully saturated rings. The molecule has 0 aliphatic rings. The van der Waals surface area contributed by atoms with E-state index in [2.05, 4.69) is 10.2 Å². The van der Waals surface area contributed by atoms with Crippen molar-refractivity contribution in [3.63, 3.8) is 0 Å². The van der Waals surface area contributed by atoms with Gasteiger partial charge in [0.15, 0.2) is 0 Å². The molecule has 3 N–H and O–H groups in total. The Hall–Kier alpha value is -3.69. The summed E-state index contributed by atoms with van der Waals surface area (Å²) in [6.07, 6.45) is 0. The molecule has 9 heteroatoms. The zero-order chi connectivity index (χ0) is 23.0. The smallest absolute Gasteiger partial charge is 0.295 e. The predicted octanol–water partition coefficient (Wildman–Crippen LogP) is 6.34. The van der Waals surface area contributed by atoms with Crippen LogP contribution in [-0.4, -0.2) is 13.0 Å². The topological polar surface area (TPSA) is 105 Å². The summed E-state index contributed by atoms with van der Waals surface area (Å²) in [5.74, 6) is -0.990. The number of anilines is 1. The first-order valence-electron chi connectivity index (χ1n) is 9.41. The number of hydrogen-bond acceptors (Lipinski definition) is 5. The molecule has 0 heterocycles. The van der Waals surface area contributed by atoms with E-state index in [1.165, 1.54) is 36.4 Å². The third kappa shape index (κ3) is 4.08. The molecule has 0 atom stereocenters. The van der Waals surface area contributed by atoms with Crippen molar-refractivity contribution in [2.45, 2.75) is 11.8 Å². The second-order valence-electron chi connectivity index (χ2n) is 7.15. The third-order valence-corrected chi connectivity index (χ3v) is 5.90. The number of nitrogens with two attached hydrogens (primary N) is 1. The number of hydrogen-bond donors (Lipinski definition) is 2. The van der Waals surface area contributed by atoms with Crippen LogP contribution >= 0.6 is 0 Å². The molecule has 0 bridgehead atoms. The van der Waals surface area contributed by atoms with Gasteiger partial charge in [-0.15, -0.1) is 5.11 Å². The predicted molar refractivity (Wildman–Crippen MR) is 119 cm³/mol. The molecule has 0 saturated carbocycles. The average Bonchev–Trinajstić information content (AvgIpc) is 2.73. The Morgan fingerprint density at radius 1 is 0.875 bits per heavy atom. The van der Waals surface area contributed by atoms with Crippen LogP contribution in [0.5, 0.6) is 0 Å². The van der Waals surface area contributed by atoms with E-state index in [1.807, 2.05) is 0 Å². The Bertz CT molecular complexity index is 1500. The van der Waals surface area contributed by atoms with Gasteiger partial charge in [-0.2, -0.15) is 13.5 Å². The van der Waals surface area contributed by atoms with Gasteiger partial charge >= 0.3 is 0 Å². The highest BCUT2D eigenvalue weighted by molar-refractivity contribution is 7.86. The molecule has 0 amide bonds. The van der Waals surface area contributed by atoms with E-state index >= 15 is 0 Å². The molecule has 0 aromatic heterocycles. The highest BCUT2D eigenvalue weighted by Gasteiger charge is 2.18. The first kappa shape index (κ1) is 21.5. The quantitative estimate of drug-likeness (QED) is 0.214. The van der Waals surface area contributed by atoms with Gasteiger partial charge in [-0.25, -0.2) is 8.78 Å². The number of rotatable bonds is 4. The normalized spacial score (nSPS) is 12.0. The van der Waals surface area contributed by atoms with Crippen molar-refractivity contribution in [1.29, 1.82) is 0 Å². The van der Waals surface area contributed by atoms with Gasteiger partial charge < -0.3 is 5.73 Å². The third-order valence-electron chi connectivity index (χ3n) is 5.01. The van der Waals surface area contributed by atoms with E-state index in [1.54, 1.807) is 25.1 Å². The molecular weight excluding hydrogens is 436 g/mol. The Morgan fingerprint density at radius 2 is 1.56 bits per heavy atom. The van der Waals surface area contributed by atoms with Crippen molar-refractivity contribution in [3.8, 4) is 11.1 Å². The van der Waals surface area contributed by atoms with Crippen LogP contribution in [0.3, 0.4) is 0 Å². The summed E-state index contributed by atoms with van der Waals surface area (Å²) < 4.78 is 61.3. The maximum absolute atomic E-state index is 14.7. The molecule has 6 nitrogen and oxygen atoms in total. The molecule has 0 saturated heterocycles. The van der Waals surface area contributed by atoms with Gasteiger partial charge in [-0.05, 0) is 48.4 Å². The Labute approximate surface area is 182 Å². The Kier molecular flexibility index (Phi) is 5.45. The zero-order valence-corrected chi connectivity index (χ0v) is 17.6. The molecule has 4 aromatic rings. The second kappa shape index (κ2) is 8.10. The summed E-state index contributed by atoms with van der Waals surface area (Å²) in [5, 5.41) is 8.58. The summed E-state index contributed by atoms with van der Waals surface area (Å²) in [4.78, 5) is -0.357. The number of fused-ring (bicyclic) bond motifs is 1. The zero-order valence-electron chi connectivity index (χ0n) is 16.8. The molecule has 0 spiro atoms. The van der Waals surface area contributed by atoms with Crippen LogP contribution < -0.4 is 5.73 Å². The van der Waals surface area contributed by atoms with E-state index in [0.717, 1.165) is 12.1 Å². The van der Waals surface area contributed by atoms with Gasteiger partial charge in [0.05, 0.1) is 11.4 Å². The van der Waals surface area contributed by atoms with Crippen molar-refractivity contribution in [1.82, 2.24) is 0 Å². The lowest BCUT2D eigenvalue weighted by atomic mass is 10.00. The minimum atomic E-state index is -4.55.